The summed E-state index contributed by atoms with van der Waals surface area (Å²) in [5.74, 6) is -0.492. The molecule has 8 heteroatoms. The molecular formula is C15H23N3O4S. The van der Waals surface area contributed by atoms with Crippen LogP contribution in [0.25, 0.3) is 0 Å². The van der Waals surface area contributed by atoms with Gasteiger partial charge in [-0.2, -0.15) is 0 Å². The van der Waals surface area contributed by atoms with E-state index < -0.39 is 10.0 Å². The zero-order valence-corrected chi connectivity index (χ0v) is 14.1. The normalized spacial score (nSPS) is 18.6. The zero-order valence-electron chi connectivity index (χ0n) is 13.2. The number of aryl methyl sites for hydroxylation is 1. The minimum Gasteiger partial charge on any atom is -0.377 e. The molecule has 1 atom stereocenters. The van der Waals surface area contributed by atoms with Gasteiger partial charge in [-0.3, -0.25) is 9.78 Å². The molecule has 1 aromatic heterocycles. The van der Waals surface area contributed by atoms with Crippen LogP contribution in [0, 0.1) is 6.92 Å². The maximum absolute atomic E-state index is 11.9. The number of nitrogens with one attached hydrogen (secondary N) is 2. The van der Waals surface area contributed by atoms with Gasteiger partial charge in [-0.15, -0.1) is 0 Å². The second-order valence-electron chi connectivity index (χ2n) is 5.60. The highest BCUT2D eigenvalue weighted by Gasteiger charge is 2.17. The van der Waals surface area contributed by atoms with Crippen molar-refractivity contribution >= 4 is 15.9 Å². The molecule has 7 nitrogen and oxygen atoms in total. The van der Waals surface area contributed by atoms with Crippen LogP contribution in [0.1, 0.15) is 35.3 Å². The Hall–Kier alpha value is -1.51. The summed E-state index contributed by atoms with van der Waals surface area (Å²) in [4.78, 5) is 15.9. The Morgan fingerprint density at radius 2 is 2.22 bits per heavy atom. The van der Waals surface area contributed by atoms with E-state index in [0.717, 1.165) is 25.0 Å². The van der Waals surface area contributed by atoms with Crippen molar-refractivity contribution in [2.75, 3.05) is 25.4 Å². The molecule has 23 heavy (non-hydrogen) atoms. The summed E-state index contributed by atoms with van der Waals surface area (Å²) in [6.45, 7) is 2.86. The molecule has 2 N–H and O–H groups in total. The lowest BCUT2D eigenvalue weighted by molar-refractivity contribution is 0.0200. The number of amides is 1. The summed E-state index contributed by atoms with van der Waals surface area (Å²) in [6.07, 6.45) is 4.39. The van der Waals surface area contributed by atoms with E-state index in [0.29, 0.717) is 12.2 Å². The summed E-state index contributed by atoms with van der Waals surface area (Å²) in [6, 6.07) is 3.39. The third kappa shape index (κ3) is 6.25. The molecule has 128 valence electrons. The highest BCUT2D eigenvalue weighted by molar-refractivity contribution is 7.89. The Morgan fingerprint density at radius 3 is 2.87 bits per heavy atom. The van der Waals surface area contributed by atoms with E-state index in [1.165, 1.54) is 6.20 Å². The fourth-order valence-corrected chi connectivity index (χ4v) is 3.22. The summed E-state index contributed by atoms with van der Waals surface area (Å²) >= 11 is 0. The Kier molecular flexibility index (Phi) is 6.49. The number of carbonyl (C=O) groups is 1. The van der Waals surface area contributed by atoms with Crippen LogP contribution in [0.3, 0.4) is 0 Å². The lowest BCUT2D eigenvalue weighted by Gasteiger charge is -2.22. The van der Waals surface area contributed by atoms with E-state index in [-0.39, 0.29) is 30.9 Å². The molecule has 1 saturated heterocycles. The number of rotatable bonds is 7. The molecule has 1 aliphatic heterocycles. The van der Waals surface area contributed by atoms with Gasteiger partial charge in [0.05, 0.1) is 17.4 Å². The van der Waals surface area contributed by atoms with Crippen LogP contribution >= 0.6 is 0 Å². The average molecular weight is 341 g/mol. The van der Waals surface area contributed by atoms with Crippen LogP contribution < -0.4 is 10.0 Å². The number of sulfonamides is 1. The Labute approximate surface area is 136 Å². The zero-order chi connectivity index (χ0) is 16.7. The standard InChI is InChI=1S/C15H23N3O4S/c1-12-5-6-13(10-17-12)15(19)16-7-9-23(20,21)18-11-14-4-2-3-8-22-14/h5-6,10,14,18H,2-4,7-9,11H2,1H3,(H,16,19). The van der Waals surface area contributed by atoms with E-state index in [1.54, 1.807) is 12.1 Å². The number of hydrogen-bond donors (Lipinski definition) is 2. The summed E-state index contributed by atoms with van der Waals surface area (Å²) < 4.78 is 31.8. The monoisotopic (exact) mass is 341 g/mol. The SMILES string of the molecule is Cc1ccc(C(=O)NCCS(=O)(=O)NCC2CCCCO2)cn1. The molecule has 1 fully saturated rings. The van der Waals surface area contributed by atoms with Gasteiger partial charge in [0.1, 0.15) is 0 Å². The minimum atomic E-state index is -3.43. The van der Waals surface area contributed by atoms with Gasteiger partial charge < -0.3 is 10.1 Å². The Balaban J connectivity index is 1.71. The first-order chi connectivity index (χ1) is 11.0. The van der Waals surface area contributed by atoms with Crippen LogP contribution in [0.4, 0.5) is 0 Å². The molecule has 0 bridgehead atoms. The van der Waals surface area contributed by atoms with Crippen LogP contribution in [0.5, 0.6) is 0 Å². The maximum Gasteiger partial charge on any atom is 0.252 e. The topological polar surface area (TPSA) is 97.4 Å². The first-order valence-corrected chi connectivity index (χ1v) is 9.41. The number of ether oxygens (including phenoxy) is 1. The highest BCUT2D eigenvalue weighted by Crippen LogP contribution is 2.11. The minimum absolute atomic E-state index is 0.0492. The van der Waals surface area contributed by atoms with Crippen LogP contribution in [-0.4, -0.2) is 50.9 Å². The molecular weight excluding hydrogens is 318 g/mol. The van der Waals surface area contributed by atoms with Gasteiger partial charge in [-0.05, 0) is 38.3 Å². The van der Waals surface area contributed by atoms with Gasteiger partial charge in [-0.25, -0.2) is 13.1 Å². The van der Waals surface area contributed by atoms with E-state index in [9.17, 15) is 13.2 Å². The molecule has 1 aliphatic rings. The molecule has 1 aromatic rings. The van der Waals surface area contributed by atoms with Crippen molar-refractivity contribution in [2.45, 2.75) is 32.3 Å². The van der Waals surface area contributed by atoms with Gasteiger partial charge in [-0.1, -0.05) is 0 Å². The quantitative estimate of drug-likeness (QED) is 0.757. The van der Waals surface area contributed by atoms with Gasteiger partial charge in [0.15, 0.2) is 0 Å². The maximum atomic E-state index is 11.9. The van der Waals surface area contributed by atoms with Crippen molar-refractivity contribution in [1.29, 1.82) is 0 Å². The third-order valence-electron chi connectivity index (χ3n) is 3.63. The van der Waals surface area contributed by atoms with Crippen molar-refractivity contribution in [2.24, 2.45) is 0 Å². The first-order valence-electron chi connectivity index (χ1n) is 7.76. The van der Waals surface area contributed by atoms with Crippen molar-refractivity contribution in [1.82, 2.24) is 15.0 Å². The fourth-order valence-electron chi connectivity index (χ4n) is 2.26. The molecule has 1 unspecified atom stereocenters. The number of nitrogens with zero attached hydrogens (tertiary/aromatic N) is 1. The predicted molar refractivity (Wildman–Crippen MR) is 86.7 cm³/mol. The molecule has 2 rings (SSSR count). The van der Waals surface area contributed by atoms with Gasteiger partial charge >= 0.3 is 0 Å². The molecule has 0 saturated carbocycles. The summed E-state index contributed by atoms with van der Waals surface area (Å²) in [7, 11) is -3.43. The van der Waals surface area contributed by atoms with Gasteiger partial charge in [0.25, 0.3) is 5.91 Å². The molecule has 0 spiro atoms. The number of pyridine rings is 1. The van der Waals surface area contributed by atoms with Gasteiger partial charge in [0, 0.05) is 31.6 Å². The predicted octanol–water partition coefficient (Wildman–Crippen LogP) is 0.608. The Morgan fingerprint density at radius 1 is 1.39 bits per heavy atom. The van der Waals surface area contributed by atoms with Crippen LogP contribution in [0.15, 0.2) is 18.3 Å². The Bertz CT molecular complexity index is 610. The number of aromatic nitrogens is 1. The average Bonchev–Trinajstić information content (AvgIpc) is 2.54. The fraction of sp³-hybridized carbons (Fsp3) is 0.600. The summed E-state index contributed by atoms with van der Waals surface area (Å²) in [5.41, 5.74) is 1.23. The molecule has 2 heterocycles. The second kappa shape index (κ2) is 8.37. The molecule has 0 aromatic carbocycles. The van der Waals surface area contributed by atoms with E-state index >= 15 is 0 Å². The molecule has 0 aliphatic carbocycles. The van der Waals surface area contributed by atoms with Crippen molar-refractivity contribution in [3.63, 3.8) is 0 Å². The highest BCUT2D eigenvalue weighted by atomic mass is 32.2. The number of hydrogen-bond acceptors (Lipinski definition) is 5. The first kappa shape index (κ1) is 17.8. The van der Waals surface area contributed by atoms with Crippen LogP contribution in [0.2, 0.25) is 0 Å². The third-order valence-corrected chi connectivity index (χ3v) is 4.98. The smallest absolute Gasteiger partial charge is 0.252 e. The van der Waals surface area contributed by atoms with E-state index in [2.05, 4.69) is 15.0 Å². The van der Waals surface area contributed by atoms with Crippen molar-refractivity contribution < 1.29 is 17.9 Å². The lowest BCUT2D eigenvalue weighted by Crippen LogP contribution is -2.39. The van der Waals surface area contributed by atoms with Gasteiger partial charge in [0.2, 0.25) is 10.0 Å². The molecule has 1 amide bonds. The number of carbonyl (C=O) groups excluding carboxylic acids is 1. The second-order valence-corrected chi connectivity index (χ2v) is 7.53. The molecule has 0 radical (unpaired) electrons. The lowest BCUT2D eigenvalue weighted by atomic mass is 10.1. The van der Waals surface area contributed by atoms with Crippen molar-refractivity contribution in [3.8, 4) is 0 Å². The van der Waals surface area contributed by atoms with E-state index in [4.69, 9.17) is 4.74 Å². The van der Waals surface area contributed by atoms with Crippen LogP contribution in [-0.2, 0) is 14.8 Å². The van der Waals surface area contributed by atoms with E-state index in [1.807, 2.05) is 6.92 Å². The largest absolute Gasteiger partial charge is 0.377 e. The summed E-state index contributed by atoms with van der Waals surface area (Å²) in [5, 5.41) is 2.58. The van der Waals surface area contributed by atoms with Crippen molar-refractivity contribution in [3.05, 3.63) is 29.6 Å².